The van der Waals surface area contributed by atoms with Crippen molar-refractivity contribution in [2.45, 2.75) is 58.3 Å². The Kier molecular flexibility index (Phi) is 8.43. The second-order valence-corrected chi connectivity index (χ2v) is 5.14. The van der Waals surface area contributed by atoms with E-state index >= 15 is 0 Å². The molecule has 1 rings (SSSR count). The lowest BCUT2D eigenvalue weighted by atomic mass is 10.1. The highest BCUT2D eigenvalue weighted by molar-refractivity contribution is 5.86. The molecule has 0 unspecified atom stereocenters. The van der Waals surface area contributed by atoms with Crippen molar-refractivity contribution in [1.29, 1.82) is 0 Å². The van der Waals surface area contributed by atoms with Crippen molar-refractivity contribution in [2.24, 2.45) is 0 Å². The molecule has 0 fully saturated rings. The molecule has 2 N–H and O–H groups in total. The number of rotatable bonds is 11. The predicted octanol–water partition coefficient (Wildman–Crippen LogP) is 4.33. The maximum atomic E-state index is 10.8. The van der Waals surface area contributed by atoms with Gasteiger partial charge in [0.25, 0.3) is 0 Å². The minimum absolute atomic E-state index is 0.0888. The fraction of sp³-hybridized carbons (Fsp3) is 0.625. The van der Waals surface area contributed by atoms with Crippen LogP contribution in [0.15, 0.2) is 18.3 Å². The summed E-state index contributed by atoms with van der Waals surface area (Å²) in [7, 11) is 0. The summed E-state index contributed by atoms with van der Waals surface area (Å²) in [4.78, 5) is 14.6. The molecule has 0 atom stereocenters. The Balaban J connectivity index is 2.06. The molecule has 4 heteroatoms. The van der Waals surface area contributed by atoms with Crippen molar-refractivity contribution < 1.29 is 9.90 Å². The maximum absolute atomic E-state index is 10.8. The number of nitrogens with one attached hydrogen (secondary N) is 1. The van der Waals surface area contributed by atoms with E-state index in [2.05, 4.69) is 17.2 Å². The van der Waals surface area contributed by atoms with Gasteiger partial charge >= 0.3 is 5.97 Å². The molecule has 4 nitrogen and oxygen atoms in total. The Bertz CT molecular complexity index is 394. The van der Waals surface area contributed by atoms with Crippen LogP contribution in [-0.2, 0) is 0 Å². The average Bonchev–Trinajstić information content (AvgIpc) is 2.46. The molecule has 0 amide bonds. The summed E-state index contributed by atoms with van der Waals surface area (Å²) in [6.07, 6.45) is 11.9. The van der Waals surface area contributed by atoms with Crippen molar-refractivity contribution >= 4 is 11.7 Å². The zero-order valence-electron chi connectivity index (χ0n) is 12.4. The average molecular weight is 278 g/mol. The smallest absolute Gasteiger partial charge is 0.354 e. The van der Waals surface area contributed by atoms with Gasteiger partial charge in [-0.3, -0.25) is 0 Å². The number of aromatic nitrogens is 1. The molecule has 0 saturated heterocycles. The lowest BCUT2D eigenvalue weighted by Gasteiger charge is -2.06. The zero-order valence-corrected chi connectivity index (χ0v) is 12.4. The molecule has 0 saturated carbocycles. The van der Waals surface area contributed by atoms with E-state index < -0.39 is 5.97 Å². The number of nitrogens with zero attached hydrogens (tertiary/aromatic N) is 1. The summed E-state index contributed by atoms with van der Waals surface area (Å²) in [6.45, 7) is 3.12. The quantitative estimate of drug-likeness (QED) is 0.591. The van der Waals surface area contributed by atoms with E-state index in [-0.39, 0.29) is 5.69 Å². The summed E-state index contributed by atoms with van der Waals surface area (Å²) in [5, 5.41) is 12.1. The first-order valence-electron chi connectivity index (χ1n) is 7.67. The fourth-order valence-corrected chi connectivity index (χ4v) is 2.15. The van der Waals surface area contributed by atoms with E-state index in [4.69, 9.17) is 5.11 Å². The molecule has 1 heterocycles. The van der Waals surface area contributed by atoms with E-state index in [9.17, 15) is 4.79 Å². The van der Waals surface area contributed by atoms with Gasteiger partial charge in [0.15, 0.2) is 0 Å². The van der Waals surface area contributed by atoms with Crippen molar-refractivity contribution in [3.63, 3.8) is 0 Å². The number of aromatic carboxylic acids is 1. The van der Waals surface area contributed by atoms with Crippen LogP contribution >= 0.6 is 0 Å². The number of hydrogen-bond acceptors (Lipinski definition) is 3. The summed E-state index contributed by atoms with van der Waals surface area (Å²) in [6, 6.07) is 3.38. The summed E-state index contributed by atoms with van der Waals surface area (Å²) in [5.41, 5.74) is 0.922. The molecule has 0 bridgehead atoms. The Morgan fingerprint density at radius 1 is 1.15 bits per heavy atom. The molecule has 0 radical (unpaired) electrons. The molecule has 0 aromatic carbocycles. The van der Waals surface area contributed by atoms with Gasteiger partial charge in [0, 0.05) is 18.4 Å². The highest BCUT2D eigenvalue weighted by Crippen LogP contribution is 2.10. The lowest BCUT2D eigenvalue weighted by molar-refractivity contribution is 0.0690. The van der Waals surface area contributed by atoms with E-state index in [0.717, 1.165) is 18.7 Å². The van der Waals surface area contributed by atoms with Crippen molar-refractivity contribution in [3.05, 3.63) is 24.0 Å². The monoisotopic (exact) mass is 278 g/mol. The highest BCUT2D eigenvalue weighted by Gasteiger charge is 2.04. The maximum Gasteiger partial charge on any atom is 0.354 e. The van der Waals surface area contributed by atoms with Gasteiger partial charge in [-0.1, -0.05) is 51.9 Å². The van der Waals surface area contributed by atoms with E-state index in [1.54, 1.807) is 12.1 Å². The van der Waals surface area contributed by atoms with Crippen molar-refractivity contribution in [1.82, 2.24) is 4.98 Å². The van der Waals surface area contributed by atoms with Gasteiger partial charge in [-0.05, 0) is 18.6 Å². The molecule has 20 heavy (non-hydrogen) atoms. The lowest BCUT2D eigenvalue weighted by Crippen LogP contribution is -2.05. The Hall–Kier alpha value is -1.58. The number of carbonyl (C=O) groups is 1. The number of pyridine rings is 1. The summed E-state index contributed by atoms with van der Waals surface area (Å²) in [5.74, 6) is -0.985. The van der Waals surface area contributed by atoms with Crippen LogP contribution in [0, 0.1) is 0 Å². The van der Waals surface area contributed by atoms with Gasteiger partial charge in [-0.15, -0.1) is 0 Å². The number of carboxylic acids is 1. The van der Waals surface area contributed by atoms with Crippen LogP contribution < -0.4 is 5.32 Å². The van der Waals surface area contributed by atoms with Gasteiger partial charge in [0.1, 0.15) is 5.69 Å². The van der Waals surface area contributed by atoms with Crippen LogP contribution in [0.2, 0.25) is 0 Å². The van der Waals surface area contributed by atoms with Gasteiger partial charge in [0.05, 0.1) is 0 Å². The topological polar surface area (TPSA) is 62.2 Å². The predicted molar refractivity (Wildman–Crippen MR) is 82.3 cm³/mol. The third-order valence-electron chi connectivity index (χ3n) is 3.34. The first-order valence-corrected chi connectivity index (χ1v) is 7.67. The van der Waals surface area contributed by atoms with Crippen molar-refractivity contribution in [3.8, 4) is 0 Å². The third kappa shape index (κ3) is 7.12. The summed E-state index contributed by atoms with van der Waals surface area (Å²) >= 11 is 0. The first kappa shape index (κ1) is 16.5. The molecule has 1 aromatic rings. The minimum atomic E-state index is -0.985. The highest BCUT2D eigenvalue weighted by atomic mass is 16.4. The number of anilines is 1. The largest absolute Gasteiger partial charge is 0.477 e. The van der Waals surface area contributed by atoms with Crippen LogP contribution in [-0.4, -0.2) is 22.6 Å². The van der Waals surface area contributed by atoms with Crippen LogP contribution in [0.3, 0.4) is 0 Å². The first-order chi connectivity index (χ1) is 9.74. The SMILES string of the molecule is CCCCCCCCCCNc1ccnc(C(=O)O)c1. The van der Waals surface area contributed by atoms with Crippen LogP contribution in [0.1, 0.15) is 68.8 Å². The molecular weight excluding hydrogens is 252 g/mol. The van der Waals surface area contributed by atoms with Crippen LogP contribution in [0.4, 0.5) is 5.69 Å². The van der Waals surface area contributed by atoms with Crippen LogP contribution in [0.5, 0.6) is 0 Å². The molecule has 0 spiro atoms. The Morgan fingerprint density at radius 3 is 2.45 bits per heavy atom. The summed E-state index contributed by atoms with van der Waals surface area (Å²) < 4.78 is 0. The number of carboxylic acid groups (broad SMARTS) is 1. The molecule has 0 aliphatic heterocycles. The van der Waals surface area contributed by atoms with Gasteiger partial charge in [0.2, 0.25) is 0 Å². The van der Waals surface area contributed by atoms with Gasteiger partial charge in [-0.25, -0.2) is 9.78 Å². The minimum Gasteiger partial charge on any atom is -0.477 e. The van der Waals surface area contributed by atoms with Gasteiger partial charge in [-0.2, -0.15) is 0 Å². The third-order valence-corrected chi connectivity index (χ3v) is 3.34. The molecule has 1 aromatic heterocycles. The zero-order chi connectivity index (χ0) is 14.6. The second kappa shape index (κ2) is 10.2. The van der Waals surface area contributed by atoms with E-state index in [0.29, 0.717) is 0 Å². The van der Waals surface area contributed by atoms with Crippen molar-refractivity contribution in [2.75, 3.05) is 11.9 Å². The molecule has 0 aliphatic rings. The van der Waals surface area contributed by atoms with E-state index in [1.807, 2.05) is 0 Å². The van der Waals surface area contributed by atoms with Crippen LogP contribution in [0.25, 0.3) is 0 Å². The second-order valence-electron chi connectivity index (χ2n) is 5.14. The normalized spacial score (nSPS) is 10.4. The molecule has 112 valence electrons. The number of unbranched alkanes of at least 4 members (excludes halogenated alkanes) is 7. The fourth-order valence-electron chi connectivity index (χ4n) is 2.15. The Labute approximate surface area is 121 Å². The standard InChI is InChI=1S/C16H26N2O2/c1-2-3-4-5-6-7-8-9-11-17-14-10-12-18-15(13-14)16(19)20/h10,12-13H,2-9,11H2,1H3,(H,17,18)(H,19,20). The molecular formula is C16H26N2O2. The van der Waals surface area contributed by atoms with E-state index in [1.165, 1.54) is 51.1 Å². The molecule has 0 aliphatic carbocycles. The van der Waals surface area contributed by atoms with Gasteiger partial charge < -0.3 is 10.4 Å². The Morgan fingerprint density at radius 2 is 1.80 bits per heavy atom. The number of hydrogen-bond donors (Lipinski definition) is 2.